The molecule has 0 aliphatic carbocycles. The summed E-state index contributed by atoms with van der Waals surface area (Å²) < 4.78 is 6.52. The van der Waals surface area contributed by atoms with E-state index in [1.807, 2.05) is 19.9 Å². The van der Waals surface area contributed by atoms with Gasteiger partial charge in [-0.2, -0.15) is 0 Å². The molecule has 0 spiro atoms. The van der Waals surface area contributed by atoms with Gasteiger partial charge in [0.25, 0.3) is 0 Å². The van der Waals surface area contributed by atoms with Gasteiger partial charge in [-0.05, 0) is 38.8 Å². The van der Waals surface area contributed by atoms with Gasteiger partial charge in [0.15, 0.2) is 5.52 Å². The number of aromatic nitrogens is 1. The fourth-order valence-electron chi connectivity index (χ4n) is 2.79. The summed E-state index contributed by atoms with van der Waals surface area (Å²) in [5.74, 6) is 0. The number of nitrogens with one attached hydrogen (secondary N) is 1. The lowest BCUT2D eigenvalue weighted by molar-refractivity contribution is -0.382. The number of rotatable bonds is 3. The number of nitrogens with zero attached hydrogens (tertiary/aromatic N) is 2. The molecular formula is C14H17N3O3S. The maximum Gasteiger partial charge on any atom is 0.319 e. The molecule has 7 heteroatoms. The van der Waals surface area contributed by atoms with Crippen molar-refractivity contribution in [2.75, 3.05) is 11.9 Å². The van der Waals surface area contributed by atoms with Crippen LogP contribution in [0.2, 0.25) is 0 Å². The van der Waals surface area contributed by atoms with E-state index in [0.29, 0.717) is 17.8 Å². The molecule has 1 aromatic heterocycles. The van der Waals surface area contributed by atoms with Crippen LogP contribution in [0.1, 0.15) is 26.7 Å². The second-order valence-corrected chi connectivity index (χ2v) is 6.75. The number of nitro groups is 1. The van der Waals surface area contributed by atoms with E-state index >= 15 is 0 Å². The fraction of sp³-hybridized carbons (Fsp3) is 0.500. The SMILES string of the molecule is CC1(C)CC(Nc2ccc3scnc3c2[N+](=O)[O-])CCO1. The Kier molecular flexibility index (Phi) is 3.54. The van der Waals surface area contributed by atoms with Crippen LogP contribution in [0, 0.1) is 10.1 Å². The smallest absolute Gasteiger partial charge is 0.319 e. The molecule has 1 unspecified atom stereocenters. The first-order valence-electron chi connectivity index (χ1n) is 6.87. The van der Waals surface area contributed by atoms with Crippen LogP contribution < -0.4 is 5.32 Å². The zero-order valence-electron chi connectivity index (χ0n) is 12.0. The largest absolute Gasteiger partial charge is 0.376 e. The first-order valence-corrected chi connectivity index (χ1v) is 7.75. The van der Waals surface area contributed by atoms with E-state index in [4.69, 9.17) is 4.74 Å². The van der Waals surface area contributed by atoms with Crippen molar-refractivity contribution in [1.29, 1.82) is 0 Å². The average molecular weight is 307 g/mol. The average Bonchev–Trinajstić information content (AvgIpc) is 2.84. The van der Waals surface area contributed by atoms with Gasteiger partial charge in [0.1, 0.15) is 5.69 Å². The van der Waals surface area contributed by atoms with Crippen LogP contribution in [0.5, 0.6) is 0 Å². The minimum Gasteiger partial charge on any atom is -0.376 e. The topological polar surface area (TPSA) is 77.3 Å². The number of hydrogen-bond donors (Lipinski definition) is 1. The van der Waals surface area contributed by atoms with Crippen molar-refractivity contribution in [3.05, 3.63) is 27.8 Å². The summed E-state index contributed by atoms with van der Waals surface area (Å²) in [5.41, 5.74) is 2.51. The lowest BCUT2D eigenvalue weighted by atomic mass is 9.93. The zero-order valence-corrected chi connectivity index (χ0v) is 12.8. The van der Waals surface area contributed by atoms with Crippen molar-refractivity contribution < 1.29 is 9.66 Å². The lowest BCUT2D eigenvalue weighted by Crippen LogP contribution is -2.40. The molecule has 1 atom stereocenters. The summed E-state index contributed by atoms with van der Waals surface area (Å²) in [6.07, 6.45) is 1.66. The van der Waals surface area contributed by atoms with Gasteiger partial charge in [0, 0.05) is 12.6 Å². The summed E-state index contributed by atoms with van der Waals surface area (Å²) >= 11 is 1.41. The van der Waals surface area contributed by atoms with E-state index in [0.717, 1.165) is 17.5 Å². The van der Waals surface area contributed by atoms with Crippen LogP contribution >= 0.6 is 11.3 Å². The van der Waals surface area contributed by atoms with Gasteiger partial charge < -0.3 is 10.1 Å². The third-order valence-electron chi connectivity index (χ3n) is 3.71. The number of fused-ring (bicyclic) bond motifs is 1. The Hall–Kier alpha value is -1.73. The predicted molar refractivity (Wildman–Crippen MR) is 83.0 cm³/mol. The van der Waals surface area contributed by atoms with Crippen molar-refractivity contribution in [1.82, 2.24) is 4.98 Å². The quantitative estimate of drug-likeness (QED) is 0.693. The molecule has 0 radical (unpaired) electrons. The van der Waals surface area contributed by atoms with Crippen LogP contribution in [0.3, 0.4) is 0 Å². The molecule has 0 saturated carbocycles. The summed E-state index contributed by atoms with van der Waals surface area (Å²) in [6, 6.07) is 3.83. The summed E-state index contributed by atoms with van der Waals surface area (Å²) in [6.45, 7) is 4.75. The van der Waals surface area contributed by atoms with Crippen molar-refractivity contribution in [2.45, 2.75) is 38.3 Å². The van der Waals surface area contributed by atoms with E-state index in [1.54, 1.807) is 11.6 Å². The number of benzene rings is 1. The van der Waals surface area contributed by atoms with Crippen LogP contribution in [0.25, 0.3) is 10.2 Å². The Labute approximate surface area is 126 Å². The Balaban J connectivity index is 1.93. The summed E-state index contributed by atoms with van der Waals surface area (Å²) in [4.78, 5) is 15.2. The molecule has 6 nitrogen and oxygen atoms in total. The van der Waals surface area contributed by atoms with E-state index < -0.39 is 0 Å². The number of thiazole rings is 1. The Bertz CT molecular complexity index is 683. The molecule has 1 saturated heterocycles. The molecule has 1 aliphatic heterocycles. The van der Waals surface area contributed by atoms with Gasteiger partial charge in [-0.25, -0.2) is 4.98 Å². The molecule has 1 fully saturated rings. The Morgan fingerprint density at radius 3 is 3.05 bits per heavy atom. The molecule has 0 amide bonds. The highest BCUT2D eigenvalue weighted by atomic mass is 32.1. The van der Waals surface area contributed by atoms with E-state index in [1.165, 1.54) is 11.3 Å². The normalized spacial score (nSPS) is 21.3. The molecule has 1 aliphatic rings. The number of hydrogen-bond acceptors (Lipinski definition) is 6. The Morgan fingerprint density at radius 2 is 2.33 bits per heavy atom. The minimum atomic E-state index is -0.352. The molecule has 2 aromatic rings. The predicted octanol–water partition coefficient (Wildman–Crippen LogP) is 3.57. The molecule has 1 aromatic carbocycles. The molecule has 2 heterocycles. The third-order valence-corrected chi connectivity index (χ3v) is 4.51. The first-order chi connectivity index (χ1) is 9.96. The Morgan fingerprint density at radius 1 is 1.52 bits per heavy atom. The molecule has 112 valence electrons. The maximum atomic E-state index is 11.4. The van der Waals surface area contributed by atoms with Gasteiger partial charge in [0.2, 0.25) is 0 Å². The molecule has 1 N–H and O–H groups in total. The van der Waals surface area contributed by atoms with Gasteiger partial charge in [-0.3, -0.25) is 10.1 Å². The van der Waals surface area contributed by atoms with E-state index in [-0.39, 0.29) is 22.3 Å². The number of ether oxygens (including phenoxy) is 1. The standard InChI is InChI=1S/C14H17N3O3S/c1-14(2)7-9(5-6-20-14)16-10-3-4-11-12(15-8-21-11)13(10)17(18)19/h3-4,8-9,16H,5-7H2,1-2H3. The monoisotopic (exact) mass is 307 g/mol. The number of anilines is 1. The van der Waals surface area contributed by atoms with Crippen LogP contribution in [-0.2, 0) is 4.74 Å². The third kappa shape index (κ3) is 2.84. The molecular weight excluding hydrogens is 290 g/mol. The highest BCUT2D eigenvalue weighted by Gasteiger charge is 2.30. The highest BCUT2D eigenvalue weighted by molar-refractivity contribution is 7.16. The zero-order chi connectivity index (χ0) is 15.0. The second kappa shape index (κ2) is 5.23. The van der Waals surface area contributed by atoms with Crippen molar-refractivity contribution in [2.24, 2.45) is 0 Å². The molecule has 21 heavy (non-hydrogen) atoms. The lowest BCUT2D eigenvalue weighted by Gasteiger charge is -2.36. The minimum absolute atomic E-state index is 0.0676. The summed E-state index contributed by atoms with van der Waals surface area (Å²) in [7, 11) is 0. The highest BCUT2D eigenvalue weighted by Crippen LogP contribution is 2.36. The van der Waals surface area contributed by atoms with E-state index in [2.05, 4.69) is 10.3 Å². The number of nitro benzene ring substituents is 1. The maximum absolute atomic E-state index is 11.4. The van der Waals surface area contributed by atoms with Gasteiger partial charge in [0.05, 0.1) is 20.7 Å². The summed E-state index contributed by atoms with van der Waals surface area (Å²) in [5, 5.41) is 14.7. The molecule has 3 rings (SSSR count). The van der Waals surface area contributed by atoms with Crippen molar-refractivity contribution in [3.63, 3.8) is 0 Å². The van der Waals surface area contributed by atoms with Gasteiger partial charge in [-0.15, -0.1) is 11.3 Å². The van der Waals surface area contributed by atoms with E-state index in [9.17, 15) is 10.1 Å². The van der Waals surface area contributed by atoms with Gasteiger partial charge >= 0.3 is 5.69 Å². The van der Waals surface area contributed by atoms with Crippen LogP contribution in [0.15, 0.2) is 17.6 Å². The molecule has 0 bridgehead atoms. The first kappa shape index (κ1) is 14.2. The second-order valence-electron chi connectivity index (χ2n) is 5.86. The van der Waals surface area contributed by atoms with Gasteiger partial charge in [-0.1, -0.05) is 0 Å². The van der Waals surface area contributed by atoms with Crippen LogP contribution in [-0.4, -0.2) is 28.2 Å². The van der Waals surface area contributed by atoms with Crippen LogP contribution in [0.4, 0.5) is 11.4 Å². The van der Waals surface area contributed by atoms with Crippen molar-refractivity contribution >= 4 is 32.9 Å². The fourth-order valence-corrected chi connectivity index (χ4v) is 3.47. The van der Waals surface area contributed by atoms with Crippen molar-refractivity contribution in [3.8, 4) is 0 Å².